The highest BCUT2D eigenvalue weighted by molar-refractivity contribution is 5.80. The van der Waals surface area contributed by atoms with Crippen molar-refractivity contribution in [2.24, 2.45) is 12.8 Å². The van der Waals surface area contributed by atoms with E-state index in [1.54, 1.807) is 14.2 Å². The maximum atomic E-state index is 5.92. The minimum absolute atomic E-state index is 0.489. The first-order valence-electron chi connectivity index (χ1n) is 10.7. The molecule has 0 unspecified atom stereocenters. The molecule has 4 rings (SSSR count). The van der Waals surface area contributed by atoms with Crippen LogP contribution < -0.4 is 20.1 Å². The Morgan fingerprint density at radius 1 is 0.875 bits per heavy atom. The van der Waals surface area contributed by atoms with Gasteiger partial charge in [0, 0.05) is 32.4 Å². The van der Waals surface area contributed by atoms with Crippen LogP contribution in [0.25, 0.3) is 11.0 Å². The molecule has 4 aromatic rings. The molecule has 0 bridgehead atoms. The Kier molecular flexibility index (Phi) is 6.32. The number of rotatable bonds is 8. The summed E-state index contributed by atoms with van der Waals surface area (Å²) in [7, 11) is 5.41. The number of ether oxygens (including phenoxy) is 2. The average Bonchev–Trinajstić information content (AvgIpc) is 3.13. The van der Waals surface area contributed by atoms with Crippen molar-refractivity contribution in [3.05, 3.63) is 83.0 Å². The van der Waals surface area contributed by atoms with Gasteiger partial charge in [0.05, 0.1) is 25.3 Å². The zero-order valence-corrected chi connectivity index (χ0v) is 19.1. The largest absolute Gasteiger partial charge is 0.497 e. The number of nitrogens with zero attached hydrogens (tertiary/aromatic N) is 3. The van der Waals surface area contributed by atoms with Crippen LogP contribution in [0.5, 0.6) is 11.5 Å². The number of methoxy groups -OCH3 is 2. The lowest BCUT2D eigenvalue weighted by molar-refractivity contribution is 0.414. The molecule has 2 aromatic carbocycles. The maximum absolute atomic E-state index is 5.92. The van der Waals surface area contributed by atoms with E-state index in [1.807, 2.05) is 31.3 Å². The second-order valence-corrected chi connectivity index (χ2v) is 7.98. The van der Waals surface area contributed by atoms with Crippen molar-refractivity contribution in [3.8, 4) is 11.5 Å². The molecule has 2 aromatic heterocycles. The van der Waals surface area contributed by atoms with Gasteiger partial charge in [0.15, 0.2) is 0 Å². The summed E-state index contributed by atoms with van der Waals surface area (Å²) in [5, 5.41) is 0. The molecule has 6 heteroatoms. The van der Waals surface area contributed by atoms with E-state index < -0.39 is 0 Å². The molecule has 0 saturated heterocycles. The fourth-order valence-corrected chi connectivity index (χ4v) is 4.01. The molecule has 2 heterocycles. The predicted molar refractivity (Wildman–Crippen MR) is 129 cm³/mol. The summed E-state index contributed by atoms with van der Waals surface area (Å²) in [6, 6.07) is 20.7. The van der Waals surface area contributed by atoms with Crippen LogP contribution in [0, 0.1) is 6.92 Å². The summed E-state index contributed by atoms with van der Waals surface area (Å²) in [6.45, 7) is 4.06. The first-order valence-corrected chi connectivity index (χ1v) is 10.7. The summed E-state index contributed by atoms with van der Waals surface area (Å²) in [5.74, 6) is 2.67. The number of aryl methyl sites for hydroxylation is 2. The Morgan fingerprint density at radius 3 is 1.88 bits per heavy atom. The highest BCUT2D eigenvalue weighted by Gasteiger charge is 2.16. The van der Waals surface area contributed by atoms with Gasteiger partial charge in [-0.2, -0.15) is 0 Å². The first-order chi connectivity index (χ1) is 15.5. The number of nitrogens with two attached hydrogens (primary N) is 1. The molecule has 32 heavy (non-hydrogen) atoms. The van der Waals surface area contributed by atoms with Crippen molar-refractivity contribution in [2.75, 3.05) is 19.1 Å². The molecule has 2 N–H and O–H groups in total. The van der Waals surface area contributed by atoms with E-state index in [-0.39, 0.29) is 0 Å². The summed E-state index contributed by atoms with van der Waals surface area (Å²) in [6.07, 6.45) is 0. The smallest absolute Gasteiger partial charge is 0.132 e. The first kappa shape index (κ1) is 21.7. The van der Waals surface area contributed by atoms with Crippen molar-refractivity contribution in [3.63, 3.8) is 0 Å². The molecular formula is C26H30N4O2. The van der Waals surface area contributed by atoms with E-state index >= 15 is 0 Å². The lowest BCUT2D eigenvalue weighted by Gasteiger charge is -2.26. The van der Waals surface area contributed by atoms with Crippen molar-refractivity contribution >= 4 is 16.9 Å². The van der Waals surface area contributed by atoms with Gasteiger partial charge in [-0.05, 0) is 60.0 Å². The molecule has 0 atom stereocenters. The number of pyridine rings is 1. The van der Waals surface area contributed by atoms with Crippen LogP contribution in [0.4, 0.5) is 5.82 Å². The maximum Gasteiger partial charge on any atom is 0.132 e. The third-order valence-corrected chi connectivity index (χ3v) is 5.86. The fourth-order valence-electron chi connectivity index (χ4n) is 4.01. The van der Waals surface area contributed by atoms with Crippen molar-refractivity contribution in [1.82, 2.24) is 9.55 Å². The average molecular weight is 431 g/mol. The third-order valence-electron chi connectivity index (χ3n) is 5.86. The van der Waals surface area contributed by atoms with Crippen molar-refractivity contribution in [2.45, 2.75) is 26.6 Å². The van der Waals surface area contributed by atoms with Gasteiger partial charge in [-0.1, -0.05) is 24.3 Å². The van der Waals surface area contributed by atoms with Gasteiger partial charge in [-0.15, -0.1) is 0 Å². The zero-order chi connectivity index (χ0) is 22.7. The number of fused-ring (bicyclic) bond motifs is 1. The van der Waals surface area contributed by atoms with Crippen LogP contribution in [0.2, 0.25) is 0 Å². The van der Waals surface area contributed by atoms with E-state index in [0.717, 1.165) is 52.7 Å². The highest BCUT2D eigenvalue weighted by atomic mass is 16.5. The second kappa shape index (κ2) is 9.32. The van der Waals surface area contributed by atoms with E-state index in [2.05, 4.69) is 52.8 Å². The molecule has 0 radical (unpaired) electrons. The van der Waals surface area contributed by atoms with Crippen LogP contribution in [-0.2, 0) is 26.7 Å². The van der Waals surface area contributed by atoms with Crippen LogP contribution in [0.1, 0.15) is 22.4 Å². The van der Waals surface area contributed by atoms with Crippen LogP contribution in [0.15, 0.2) is 60.7 Å². The second-order valence-electron chi connectivity index (χ2n) is 7.98. The number of hydrogen-bond donors (Lipinski definition) is 1. The van der Waals surface area contributed by atoms with Crippen molar-refractivity contribution < 1.29 is 9.47 Å². The quantitative estimate of drug-likeness (QED) is 0.444. The summed E-state index contributed by atoms with van der Waals surface area (Å²) < 4.78 is 12.8. The number of benzene rings is 2. The molecule has 0 aliphatic heterocycles. The normalized spacial score (nSPS) is 11.0. The number of hydrogen-bond acceptors (Lipinski definition) is 5. The molecule has 166 valence electrons. The summed E-state index contributed by atoms with van der Waals surface area (Å²) >= 11 is 0. The predicted octanol–water partition coefficient (Wildman–Crippen LogP) is 4.56. The highest BCUT2D eigenvalue weighted by Crippen LogP contribution is 2.28. The molecule has 0 aliphatic carbocycles. The van der Waals surface area contributed by atoms with Crippen LogP contribution in [-0.4, -0.2) is 23.8 Å². The van der Waals surface area contributed by atoms with Crippen LogP contribution >= 0.6 is 0 Å². The van der Waals surface area contributed by atoms with E-state index in [4.69, 9.17) is 20.2 Å². The molecule has 0 aliphatic rings. The Bertz CT molecular complexity index is 1150. The van der Waals surface area contributed by atoms with Gasteiger partial charge < -0.3 is 24.7 Å². The van der Waals surface area contributed by atoms with Gasteiger partial charge in [0.25, 0.3) is 0 Å². The third kappa shape index (κ3) is 4.41. The molecule has 0 saturated carbocycles. The van der Waals surface area contributed by atoms with Gasteiger partial charge in [-0.3, -0.25) is 0 Å². The Morgan fingerprint density at radius 2 is 1.41 bits per heavy atom. The molecule has 6 nitrogen and oxygen atoms in total. The number of anilines is 1. The minimum atomic E-state index is 0.489. The fraction of sp³-hybridized carbons (Fsp3) is 0.269. The Labute approximate surface area is 189 Å². The lowest BCUT2D eigenvalue weighted by Crippen LogP contribution is -2.24. The monoisotopic (exact) mass is 430 g/mol. The lowest BCUT2D eigenvalue weighted by atomic mass is 10.1. The molecular weight excluding hydrogens is 400 g/mol. The zero-order valence-electron chi connectivity index (χ0n) is 19.1. The molecule has 0 spiro atoms. The van der Waals surface area contributed by atoms with E-state index in [0.29, 0.717) is 6.54 Å². The van der Waals surface area contributed by atoms with Gasteiger partial charge in [0.2, 0.25) is 0 Å². The topological polar surface area (TPSA) is 65.5 Å². The SMILES string of the molecule is COc1ccc(CN(Cc2ccc(OC)cc2)c2nc3cc(CN)n(C)c3cc2C)cc1. The van der Waals surface area contributed by atoms with Crippen molar-refractivity contribution in [1.29, 1.82) is 0 Å². The summed E-state index contributed by atoms with van der Waals surface area (Å²) in [4.78, 5) is 7.38. The number of aromatic nitrogens is 2. The summed E-state index contributed by atoms with van der Waals surface area (Å²) in [5.41, 5.74) is 12.6. The van der Waals surface area contributed by atoms with Crippen LogP contribution in [0.3, 0.4) is 0 Å². The van der Waals surface area contributed by atoms with Gasteiger partial charge >= 0.3 is 0 Å². The van der Waals surface area contributed by atoms with E-state index in [1.165, 1.54) is 11.1 Å². The molecule has 0 amide bonds. The minimum Gasteiger partial charge on any atom is -0.497 e. The van der Waals surface area contributed by atoms with Gasteiger partial charge in [-0.25, -0.2) is 4.98 Å². The van der Waals surface area contributed by atoms with E-state index in [9.17, 15) is 0 Å². The molecule has 0 fully saturated rings. The van der Waals surface area contributed by atoms with Gasteiger partial charge in [0.1, 0.15) is 17.3 Å². The Hall–Kier alpha value is -3.51. The standard InChI is InChI=1S/C26H30N4O2/c1-18-13-25-24(14-21(15-27)29(25)2)28-26(18)30(16-19-5-9-22(31-3)10-6-19)17-20-7-11-23(32-4)12-8-20/h5-14H,15-17,27H2,1-4H3. The Balaban J connectivity index is 1.73.